The smallest absolute Gasteiger partial charge is 0.136 e. The number of hydrogen-bond acceptors (Lipinski definition) is 5. The van der Waals surface area contributed by atoms with Gasteiger partial charge in [0.15, 0.2) is 0 Å². The summed E-state index contributed by atoms with van der Waals surface area (Å²) in [4.78, 5) is 13.3. The average Bonchev–Trinajstić information content (AvgIpc) is 3.10. The third kappa shape index (κ3) is 4.01. The van der Waals surface area contributed by atoms with Crippen molar-refractivity contribution in [1.29, 1.82) is 0 Å². The topological polar surface area (TPSA) is 98.0 Å². The van der Waals surface area contributed by atoms with Gasteiger partial charge in [-0.2, -0.15) is 0 Å². The molecular formula is C29H50O5. The number of aliphatic hydroxyl groups excluding tert-OH is 4. The molecule has 196 valence electrons. The molecule has 0 aliphatic heterocycles. The summed E-state index contributed by atoms with van der Waals surface area (Å²) >= 11 is 0. The lowest BCUT2D eigenvalue weighted by Gasteiger charge is -2.61. The molecule has 0 spiro atoms. The zero-order valence-corrected chi connectivity index (χ0v) is 22.5. The maximum Gasteiger partial charge on any atom is 0.136 e. The van der Waals surface area contributed by atoms with Gasteiger partial charge in [-0.3, -0.25) is 4.79 Å². The molecule has 4 fully saturated rings. The van der Waals surface area contributed by atoms with Crippen LogP contribution in [0.1, 0.15) is 93.4 Å². The number of hydrogen-bond donors (Lipinski definition) is 4. The van der Waals surface area contributed by atoms with Crippen molar-refractivity contribution >= 4 is 5.78 Å². The van der Waals surface area contributed by atoms with Gasteiger partial charge in [0.2, 0.25) is 0 Å². The third-order valence-electron chi connectivity index (χ3n) is 12.0. The molecule has 13 atom stereocenters. The molecule has 4 aliphatic rings. The first kappa shape index (κ1) is 26.6. The van der Waals surface area contributed by atoms with Crippen molar-refractivity contribution < 1.29 is 25.2 Å². The Balaban J connectivity index is 1.55. The van der Waals surface area contributed by atoms with Gasteiger partial charge >= 0.3 is 0 Å². The number of fused-ring (bicyclic) bond motifs is 5. The molecule has 0 aromatic heterocycles. The number of ketones is 1. The van der Waals surface area contributed by atoms with E-state index < -0.39 is 24.4 Å². The minimum atomic E-state index is -0.785. The minimum Gasteiger partial charge on any atom is -0.390 e. The van der Waals surface area contributed by atoms with Gasteiger partial charge in [0.05, 0.1) is 24.4 Å². The molecule has 0 bridgehead atoms. The second-order valence-corrected chi connectivity index (χ2v) is 14.4. The second-order valence-electron chi connectivity index (χ2n) is 14.4. The molecule has 0 aromatic rings. The summed E-state index contributed by atoms with van der Waals surface area (Å²) in [7, 11) is 0. The maximum absolute atomic E-state index is 13.3. The van der Waals surface area contributed by atoms with Crippen LogP contribution in [0.2, 0.25) is 0 Å². The number of Topliss-reactive ketones (excluding diaryl/α,β-unsaturated/α-hetero) is 1. The minimum absolute atomic E-state index is 0.000581. The molecule has 0 saturated heterocycles. The lowest BCUT2D eigenvalue weighted by atomic mass is 9.44. The molecular weight excluding hydrogens is 428 g/mol. The van der Waals surface area contributed by atoms with Gasteiger partial charge in [-0.05, 0) is 90.3 Å². The predicted molar refractivity (Wildman–Crippen MR) is 133 cm³/mol. The van der Waals surface area contributed by atoms with Crippen LogP contribution in [-0.2, 0) is 4.79 Å². The molecule has 0 aromatic carbocycles. The van der Waals surface area contributed by atoms with Crippen LogP contribution in [0.4, 0.5) is 0 Å². The van der Waals surface area contributed by atoms with Crippen LogP contribution >= 0.6 is 0 Å². The fraction of sp³-hybridized carbons (Fsp3) is 0.966. The van der Waals surface area contributed by atoms with Crippen molar-refractivity contribution in [2.75, 3.05) is 0 Å². The van der Waals surface area contributed by atoms with Crippen LogP contribution in [0.3, 0.4) is 0 Å². The van der Waals surface area contributed by atoms with Crippen LogP contribution in [0.15, 0.2) is 0 Å². The highest BCUT2D eigenvalue weighted by atomic mass is 16.3. The number of carbonyl (C=O) groups is 1. The van der Waals surface area contributed by atoms with Crippen LogP contribution < -0.4 is 0 Å². The monoisotopic (exact) mass is 478 g/mol. The van der Waals surface area contributed by atoms with E-state index in [1.54, 1.807) is 0 Å². The number of aliphatic hydroxyl groups is 4. The summed E-state index contributed by atoms with van der Waals surface area (Å²) in [6, 6.07) is 0. The first-order valence-electron chi connectivity index (χ1n) is 13.9. The van der Waals surface area contributed by atoms with Crippen molar-refractivity contribution in [3.05, 3.63) is 0 Å². The van der Waals surface area contributed by atoms with Crippen molar-refractivity contribution in [2.45, 2.75) is 118 Å². The molecule has 0 radical (unpaired) electrons. The Bertz CT molecular complexity index is 775. The summed E-state index contributed by atoms with van der Waals surface area (Å²) in [6.45, 7) is 15.1. The molecule has 5 nitrogen and oxygen atoms in total. The van der Waals surface area contributed by atoms with Crippen LogP contribution in [0.5, 0.6) is 0 Å². The van der Waals surface area contributed by atoms with Gasteiger partial charge in [-0.25, -0.2) is 0 Å². The first-order chi connectivity index (χ1) is 15.6. The summed E-state index contributed by atoms with van der Waals surface area (Å²) in [5.41, 5.74) is -0.253. The second kappa shape index (κ2) is 8.82. The quantitative estimate of drug-likeness (QED) is 0.486. The lowest BCUT2D eigenvalue weighted by molar-refractivity contribution is -0.175. The normalized spacial score (nSPS) is 48.3. The van der Waals surface area contributed by atoms with Crippen molar-refractivity contribution in [1.82, 2.24) is 0 Å². The van der Waals surface area contributed by atoms with E-state index in [4.69, 9.17) is 0 Å². The average molecular weight is 479 g/mol. The Labute approximate surface area is 206 Å². The third-order valence-corrected chi connectivity index (χ3v) is 12.0. The Hall–Kier alpha value is -0.490. The van der Waals surface area contributed by atoms with Gasteiger partial charge in [-0.1, -0.05) is 48.5 Å². The van der Waals surface area contributed by atoms with Gasteiger partial charge in [0, 0.05) is 12.3 Å². The molecule has 34 heavy (non-hydrogen) atoms. The SMILES string of the molecule is C[C@H]([C@@H](O)[C@H](O)[C@@H](C)C(C)(C)C)[C@H]1CC[C@H]2[C@@H]3CC(=O)[C@H]4C[C@H](O)[C@H](O)C[C@]4(C)[C@H]3CC[C@@]12C. The lowest BCUT2D eigenvalue weighted by Crippen LogP contribution is -2.59. The number of rotatable bonds is 4. The van der Waals surface area contributed by atoms with E-state index in [-0.39, 0.29) is 39.8 Å². The highest BCUT2D eigenvalue weighted by Gasteiger charge is 2.63. The largest absolute Gasteiger partial charge is 0.390 e. The van der Waals surface area contributed by atoms with Crippen LogP contribution in [0, 0.1) is 57.7 Å². The molecule has 4 saturated carbocycles. The Morgan fingerprint density at radius 3 is 2.15 bits per heavy atom. The van der Waals surface area contributed by atoms with E-state index in [1.807, 2.05) is 6.92 Å². The van der Waals surface area contributed by atoms with E-state index in [0.29, 0.717) is 42.9 Å². The molecule has 4 rings (SSSR count). The standard InChI is InChI=1S/C29H50O5/c1-15(25(33)26(34)16(2)27(3,4)5)18-8-9-19-17-12-22(30)21-13-23(31)24(32)14-29(21,7)20(17)10-11-28(18,19)6/h15-21,23-26,31-34H,8-14H2,1-7H3/t15-,16+,17-,18+,19-,20-,21+,23-,24+,25+,26+,28-,29+/m0/s1. The van der Waals surface area contributed by atoms with Crippen molar-refractivity contribution in [3.63, 3.8) is 0 Å². The van der Waals surface area contributed by atoms with Gasteiger partial charge in [-0.15, -0.1) is 0 Å². The zero-order chi connectivity index (χ0) is 25.4. The maximum atomic E-state index is 13.3. The molecule has 4 aliphatic carbocycles. The molecule has 0 amide bonds. The van der Waals surface area contributed by atoms with E-state index in [0.717, 1.165) is 25.7 Å². The Morgan fingerprint density at radius 2 is 1.53 bits per heavy atom. The predicted octanol–water partition coefficient (Wildman–Crippen LogP) is 4.20. The van der Waals surface area contributed by atoms with Crippen LogP contribution in [0.25, 0.3) is 0 Å². The van der Waals surface area contributed by atoms with Crippen molar-refractivity contribution in [3.8, 4) is 0 Å². The fourth-order valence-corrected chi connectivity index (χ4v) is 9.33. The summed E-state index contributed by atoms with van der Waals surface area (Å²) < 4.78 is 0. The van der Waals surface area contributed by atoms with Gasteiger partial charge < -0.3 is 20.4 Å². The summed E-state index contributed by atoms with van der Waals surface area (Å²) in [5.74, 6) is 1.63. The molecule has 4 N–H and O–H groups in total. The first-order valence-corrected chi connectivity index (χ1v) is 13.9. The summed E-state index contributed by atoms with van der Waals surface area (Å²) in [5, 5.41) is 43.1. The molecule has 0 heterocycles. The van der Waals surface area contributed by atoms with Crippen molar-refractivity contribution in [2.24, 2.45) is 57.7 Å². The highest BCUT2D eigenvalue weighted by molar-refractivity contribution is 5.83. The zero-order valence-electron chi connectivity index (χ0n) is 22.5. The fourth-order valence-electron chi connectivity index (χ4n) is 9.33. The van der Waals surface area contributed by atoms with Gasteiger partial charge in [0.1, 0.15) is 5.78 Å². The van der Waals surface area contributed by atoms with E-state index in [1.165, 1.54) is 0 Å². The Morgan fingerprint density at radius 1 is 0.912 bits per heavy atom. The highest BCUT2D eigenvalue weighted by Crippen LogP contribution is 2.68. The summed E-state index contributed by atoms with van der Waals surface area (Å²) in [6.07, 6.45) is 2.72. The Kier molecular flexibility index (Phi) is 6.89. The van der Waals surface area contributed by atoms with E-state index in [2.05, 4.69) is 41.5 Å². The number of carbonyl (C=O) groups excluding carboxylic acids is 1. The van der Waals surface area contributed by atoms with Crippen LogP contribution in [-0.4, -0.2) is 50.6 Å². The molecule has 5 heteroatoms. The van der Waals surface area contributed by atoms with Gasteiger partial charge in [0.25, 0.3) is 0 Å². The van der Waals surface area contributed by atoms with E-state index in [9.17, 15) is 25.2 Å². The molecule has 0 unspecified atom stereocenters. The van der Waals surface area contributed by atoms with E-state index >= 15 is 0 Å².